The Hall–Kier alpha value is -2.66. The zero-order valence-corrected chi connectivity index (χ0v) is 17.3. The molecular weight excluding hydrogens is 352 g/mol. The molecule has 2 amide bonds. The largest absolute Gasteiger partial charge is 0.374 e. The minimum absolute atomic E-state index is 0.0538. The van der Waals surface area contributed by atoms with E-state index in [4.69, 9.17) is 4.74 Å². The molecule has 2 aromatic rings. The van der Waals surface area contributed by atoms with Gasteiger partial charge in [0.05, 0.1) is 12.7 Å². The molecule has 1 unspecified atom stereocenters. The Morgan fingerprint density at radius 2 is 1.68 bits per heavy atom. The second kappa shape index (κ2) is 10.0. The first-order valence-corrected chi connectivity index (χ1v) is 9.65. The van der Waals surface area contributed by atoms with E-state index in [9.17, 15) is 9.59 Å². The second-order valence-electron chi connectivity index (χ2n) is 7.61. The van der Waals surface area contributed by atoms with Crippen molar-refractivity contribution in [2.75, 3.05) is 5.32 Å². The van der Waals surface area contributed by atoms with Crippen molar-refractivity contribution in [1.82, 2.24) is 5.32 Å². The van der Waals surface area contributed by atoms with Crippen molar-refractivity contribution in [3.05, 3.63) is 65.2 Å². The molecule has 2 N–H and O–H groups in total. The molecule has 2 aromatic carbocycles. The Morgan fingerprint density at radius 3 is 2.29 bits per heavy atom. The van der Waals surface area contributed by atoms with Gasteiger partial charge < -0.3 is 15.4 Å². The third-order valence-corrected chi connectivity index (χ3v) is 4.33. The number of rotatable bonds is 8. The lowest BCUT2D eigenvalue weighted by molar-refractivity contribution is -0.118. The molecule has 0 bridgehead atoms. The van der Waals surface area contributed by atoms with E-state index < -0.39 is 6.04 Å². The lowest BCUT2D eigenvalue weighted by atomic mass is 10.0. The van der Waals surface area contributed by atoms with Gasteiger partial charge in [-0.1, -0.05) is 43.7 Å². The van der Waals surface area contributed by atoms with E-state index >= 15 is 0 Å². The molecule has 0 spiro atoms. The fraction of sp³-hybridized carbons (Fsp3) is 0.391. The minimum atomic E-state index is -0.635. The first-order chi connectivity index (χ1) is 13.3. The normalized spacial score (nSPS) is 12.1. The molecule has 0 aliphatic heterocycles. The molecule has 0 saturated heterocycles. The van der Waals surface area contributed by atoms with Gasteiger partial charge in [-0.2, -0.15) is 0 Å². The standard InChI is InChI=1S/C23H30N2O3/c1-15(2)21(25-22(26)19-11-9-17(5)10-12-19)23(27)24-20-8-6-7-18(13-20)14-28-16(3)4/h6-13,15-16,21H,14H2,1-5H3,(H,24,27)(H,25,26). The second-order valence-corrected chi connectivity index (χ2v) is 7.61. The minimum Gasteiger partial charge on any atom is -0.374 e. The Balaban J connectivity index is 2.05. The van der Waals surface area contributed by atoms with E-state index in [2.05, 4.69) is 10.6 Å². The number of carbonyl (C=O) groups excluding carboxylic acids is 2. The smallest absolute Gasteiger partial charge is 0.251 e. The number of hydrogen-bond acceptors (Lipinski definition) is 3. The van der Waals surface area contributed by atoms with Crippen LogP contribution >= 0.6 is 0 Å². The average molecular weight is 383 g/mol. The van der Waals surface area contributed by atoms with Crippen LogP contribution in [0.4, 0.5) is 5.69 Å². The number of amides is 2. The summed E-state index contributed by atoms with van der Waals surface area (Å²) in [5, 5.41) is 5.76. The van der Waals surface area contributed by atoms with Crippen LogP contribution in [0.25, 0.3) is 0 Å². The summed E-state index contributed by atoms with van der Waals surface area (Å²) in [6.45, 7) is 10.2. The molecule has 5 nitrogen and oxygen atoms in total. The van der Waals surface area contributed by atoms with Crippen LogP contribution in [0.5, 0.6) is 0 Å². The van der Waals surface area contributed by atoms with Gasteiger partial charge in [-0.15, -0.1) is 0 Å². The van der Waals surface area contributed by atoms with Crippen LogP contribution in [0, 0.1) is 12.8 Å². The van der Waals surface area contributed by atoms with Gasteiger partial charge in [-0.05, 0) is 56.5 Å². The molecule has 0 radical (unpaired) electrons. The number of benzene rings is 2. The van der Waals surface area contributed by atoms with Crippen molar-refractivity contribution in [2.45, 2.75) is 53.4 Å². The Kier molecular flexibility index (Phi) is 7.76. The topological polar surface area (TPSA) is 67.4 Å². The summed E-state index contributed by atoms with van der Waals surface area (Å²) in [5.41, 5.74) is 3.29. The quantitative estimate of drug-likeness (QED) is 0.715. The number of ether oxygens (including phenoxy) is 1. The van der Waals surface area contributed by atoms with Gasteiger partial charge in [0, 0.05) is 11.3 Å². The predicted molar refractivity (Wildman–Crippen MR) is 112 cm³/mol. The first-order valence-electron chi connectivity index (χ1n) is 9.65. The summed E-state index contributed by atoms with van der Waals surface area (Å²) in [7, 11) is 0. The van der Waals surface area contributed by atoms with Gasteiger partial charge >= 0.3 is 0 Å². The van der Waals surface area contributed by atoms with Crippen molar-refractivity contribution >= 4 is 17.5 Å². The number of carbonyl (C=O) groups is 2. The molecule has 1 atom stereocenters. The molecule has 0 saturated carbocycles. The maximum absolute atomic E-state index is 12.8. The third-order valence-electron chi connectivity index (χ3n) is 4.33. The number of nitrogens with one attached hydrogen (secondary N) is 2. The average Bonchev–Trinajstić information content (AvgIpc) is 2.64. The fourth-order valence-electron chi connectivity index (χ4n) is 2.69. The first kappa shape index (κ1) is 21.6. The molecule has 0 fully saturated rings. The maximum Gasteiger partial charge on any atom is 0.251 e. The molecule has 0 heterocycles. The van der Waals surface area contributed by atoms with Crippen molar-refractivity contribution in [3.8, 4) is 0 Å². The van der Waals surface area contributed by atoms with Crippen molar-refractivity contribution in [2.24, 2.45) is 5.92 Å². The summed E-state index contributed by atoms with van der Waals surface area (Å²) in [4.78, 5) is 25.3. The zero-order chi connectivity index (χ0) is 20.7. The summed E-state index contributed by atoms with van der Waals surface area (Å²) in [5.74, 6) is -0.549. The molecule has 2 rings (SSSR count). The Labute approximate surface area is 167 Å². The third kappa shape index (κ3) is 6.50. The van der Waals surface area contributed by atoms with Gasteiger partial charge in [0.15, 0.2) is 0 Å². The number of hydrogen-bond donors (Lipinski definition) is 2. The highest BCUT2D eigenvalue weighted by molar-refractivity contribution is 6.01. The van der Waals surface area contributed by atoms with Gasteiger partial charge in [0.1, 0.15) is 6.04 Å². The summed E-state index contributed by atoms with van der Waals surface area (Å²) in [6.07, 6.45) is 0.139. The Morgan fingerprint density at radius 1 is 1.00 bits per heavy atom. The molecule has 5 heteroatoms. The monoisotopic (exact) mass is 382 g/mol. The molecule has 28 heavy (non-hydrogen) atoms. The zero-order valence-electron chi connectivity index (χ0n) is 17.3. The van der Waals surface area contributed by atoms with E-state index in [0.717, 1.165) is 11.1 Å². The van der Waals surface area contributed by atoms with Gasteiger partial charge in [-0.25, -0.2) is 0 Å². The number of aryl methyl sites for hydroxylation is 1. The highest BCUT2D eigenvalue weighted by Gasteiger charge is 2.24. The summed E-state index contributed by atoms with van der Waals surface area (Å²) < 4.78 is 5.61. The van der Waals surface area contributed by atoms with Gasteiger partial charge in [0.25, 0.3) is 5.91 Å². The van der Waals surface area contributed by atoms with Crippen LogP contribution < -0.4 is 10.6 Å². The summed E-state index contributed by atoms with van der Waals surface area (Å²) >= 11 is 0. The van der Waals surface area contributed by atoms with Crippen LogP contribution in [0.3, 0.4) is 0 Å². The molecular formula is C23H30N2O3. The van der Waals surface area contributed by atoms with Crippen LogP contribution in [-0.4, -0.2) is 24.0 Å². The molecule has 0 aliphatic carbocycles. The Bertz CT molecular complexity index is 798. The van der Waals surface area contributed by atoms with Crippen LogP contribution in [0.2, 0.25) is 0 Å². The molecule has 0 aliphatic rings. The van der Waals surface area contributed by atoms with Crippen LogP contribution in [0.1, 0.15) is 49.2 Å². The van der Waals surface area contributed by atoms with Crippen LogP contribution in [0.15, 0.2) is 48.5 Å². The fourth-order valence-corrected chi connectivity index (χ4v) is 2.69. The maximum atomic E-state index is 12.8. The molecule has 0 aromatic heterocycles. The lowest BCUT2D eigenvalue weighted by Gasteiger charge is -2.22. The van der Waals surface area contributed by atoms with Crippen molar-refractivity contribution in [3.63, 3.8) is 0 Å². The van der Waals surface area contributed by atoms with Crippen LogP contribution in [-0.2, 0) is 16.1 Å². The SMILES string of the molecule is Cc1ccc(C(=O)NC(C(=O)Nc2cccc(COC(C)C)c2)C(C)C)cc1. The lowest BCUT2D eigenvalue weighted by Crippen LogP contribution is -2.47. The van der Waals surface area contributed by atoms with Crippen molar-refractivity contribution < 1.29 is 14.3 Å². The van der Waals surface area contributed by atoms with Gasteiger partial charge in [0.2, 0.25) is 5.91 Å². The van der Waals surface area contributed by atoms with E-state index in [0.29, 0.717) is 17.9 Å². The van der Waals surface area contributed by atoms with Gasteiger partial charge in [-0.3, -0.25) is 9.59 Å². The molecule has 150 valence electrons. The summed E-state index contributed by atoms with van der Waals surface area (Å²) in [6, 6.07) is 14.2. The number of anilines is 1. The van der Waals surface area contributed by atoms with Crippen molar-refractivity contribution in [1.29, 1.82) is 0 Å². The van der Waals surface area contributed by atoms with E-state index in [-0.39, 0.29) is 23.8 Å². The van der Waals surface area contributed by atoms with E-state index in [1.54, 1.807) is 12.1 Å². The van der Waals surface area contributed by atoms with E-state index in [1.165, 1.54) is 0 Å². The van der Waals surface area contributed by atoms with E-state index in [1.807, 2.05) is 71.0 Å². The predicted octanol–water partition coefficient (Wildman–Crippen LogP) is 4.31. The highest BCUT2D eigenvalue weighted by atomic mass is 16.5. The highest BCUT2D eigenvalue weighted by Crippen LogP contribution is 2.14.